The van der Waals surface area contributed by atoms with E-state index in [0.717, 1.165) is 12.5 Å². The molecule has 1 aromatic rings. The first-order valence-electron chi connectivity index (χ1n) is 6.54. The van der Waals surface area contributed by atoms with Crippen LogP contribution in [0.1, 0.15) is 23.2 Å². The maximum absolute atomic E-state index is 11.9. The number of hydrogen-bond acceptors (Lipinski definition) is 2. The third-order valence-corrected chi connectivity index (χ3v) is 4.11. The van der Waals surface area contributed by atoms with Crippen LogP contribution in [0.15, 0.2) is 36.4 Å². The van der Waals surface area contributed by atoms with Crippen LogP contribution in [0.2, 0.25) is 0 Å². The number of amides is 1. The highest BCUT2D eigenvalue weighted by atomic mass is 16.1. The van der Waals surface area contributed by atoms with Gasteiger partial charge in [0, 0.05) is 17.8 Å². The summed E-state index contributed by atoms with van der Waals surface area (Å²) in [5, 5.41) is 3.03. The van der Waals surface area contributed by atoms with Gasteiger partial charge in [0.25, 0.3) is 5.91 Å². The van der Waals surface area contributed by atoms with Gasteiger partial charge in [-0.05, 0) is 54.9 Å². The predicted molar refractivity (Wildman–Crippen MR) is 72.0 cm³/mol. The number of fused-ring (bicyclic) bond motifs is 2. The fraction of sp³-hybridized carbons (Fsp3) is 0.400. The molecule has 3 rings (SSSR count). The van der Waals surface area contributed by atoms with Gasteiger partial charge < -0.3 is 11.1 Å². The highest BCUT2D eigenvalue weighted by molar-refractivity contribution is 5.94. The number of nitrogens with one attached hydrogen (secondary N) is 1. The molecule has 18 heavy (non-hydrogen) atoms. The van der Waals surface area contributed by atoms with Gasteiger partial charge in [-0.1, -0.05) is 12.2 Å². The lowest BCUT2D eigenvalue weighted by molar-refractivity contribution is 0.0945. The molecule has 3 N–H and O–H groups in total. The van der Waals surface area contributed by atoms with Crippen molar-refractivity contribution in [3.63, 3.8) is 0 Å². The molecule has 3 heteroatoms. The predicted octanol–water partition coefficient (Wildman–Crippen LogP) is 2.21. The summed E-state index contributed by atoms with van der Waals surface area (Å²) in [5.41, 5.74) is 6.97. The Labute approximate surface area is 107 Å². The largest absolute Gasteiger partial charge is 0.399 e. The molecule has 0 radical (unpaired) electrons. The Balaban J connectivity index is 1.56. The first kappa shape index (κ1) is 11.3. The minimum atomic E-state index is 0.00162. The average Bonchev–Trinajstić information content (AvgIpc) is 2.99. The van der Waals surface area contributed by atoms with Crippen molar-refractivity contribution in [3.8, 4) is 0 Å². The minimum Gasteiger partial charge on any atom is -0.399 e. The highest BCUT2D eigenvalue weighted by Crippen LogP contribution is 2.42. The Hall–Kier alpha value is -1.77. The maximum Gasteiger partial charge on any atom is 0.251 e. The zero-order chi connectivity index (χ0) is 12.5. The van der Waals surface area contributed by atoms with Gasteiger partial charge in [-0.2, -0.15) is 0 Å². The number of nitrogen functional groups attached to an aromatic ring is 1. The van der Waals surface area contributed by atoms with E-state index in [0.29, 0.717) is 23.1 Å². The normalized spacial score (nSPS) is 28.6. The quantitative estimate of drug-likeness (QED) is 0.630. The van der Waals surface area contributed by atoms with Gasteiger partial charge in [-0.3, -0.25) is 4.79 Å². The summed E-state index contributed by atoms with van der Waals surface area (Å²) in [7, 11) is 0. The number of rotatable bonds is 3. The van der Waals surface area contributed by atoms with E-state index in [2.05, 4.69) is 17.5 Å². The van der Waals surface area contributed by atoms with Crippen LogP contribution in [0.3, 0.4) is 0 Å². The van der Waals surface area contributed by atoms with E-state index in [1.165, 1.54) is 12.8 Å². The number of benzene rings is 1. The van der Waals surface area contributed by atoms with Crippen molar-refractivity contribution in [1.29, 1.82) is 0 Å². The summed E-state index contributed by atoms with van der Waals surface area (Å²) in [6.45, 7) is 0.786. The summed E-state index contributed by atoms with van der Waals surface area (Å²) >= 11 is 0. The van der Waals surface area contributed by atoms with Crippen LogP contribution in [-0.4, -0.2) is 12.5 Å². The molecule has 3 atom stereocenters. The van der Waals surface area contributed by atoms with Gasteiger partial charge in [0.2, 0.25) is 0 Å². The SMILES string of the molecule is Nc1ccc(C(=O)NC[C@H]2C[C@H]3C=C[C@@H]2C3)cc1. The molecule has 3 nitrogen and oxygen atoms in total. The molecule has 2 aliphatic rings. The Morgan fingerprint density at radius 2 is 2.00 bits per heavy atom. The molecule has 2 bridgehead atoms. The lowest BCUT2D eigenvalue weighted by atomic mass is 9.93. The van der Waals surface area contributed by atoms with E-state index in [1.807, 2.05) is 0 Å². The number of anilines is 1. The Morgan fingerprint density at radius 3 is 2.61 bits per heavy atom. The van der Waals surface area contributed by atoms with Crippen molar-refractivity contribution < 1.29 is 4.79 Å². The van der Waals surface area contributed by atoms with E-state index in [-0.39, 0.29) is 5.91 Å². The topological polar surface area (TPSA) is 55.1 Å². The number of nitrogens with two attached hydrogens (primary N) is 1. The van der Waals surface area contributed by atoms with Gasteiger partial charge in [-0.25, -0.2) is 0 Å². The zero-order valence-electron chi connectivity index (χ0n) is 10.3. The van der Waals surface area contributed by atoms with Crippen LogP contribution in [0.4, 0.5) is 5.69 Å². The zero-order valence-corrected chi connectivity index (χ0v) is 10.3. The molecule has 94 valence electrons. The summed E-state index contributed by atoms with van der Waals surface area (Å²) in [4.78, 5) is 11.9. The molecule has 0 spiro atoms. The van der Waals surface area contributed by atoms with Gasteiger partial charge in [-0.15, -0.1) is 0 Å². The lowest BCUT2D eigenvalue weighted by Crippen LogP contribution is -2.30. The van der Waals surface area contributed by atoms with Gasteiger partial charge in [0.15, 0.2) is 0 Å². The third kappa shape index (κ3) is 2.13. The first-order chi connectivity index (χ1) is 8.72. The van der Waals surface area contributed by atoms with Crippen molar-refractivity contribution in [2.75, 3.05) is 12.3 Å². The molecule has 1 amide bonds. The van der Waals surface area contributed by atoms with Crippen molar-refractivity contribution in [1.82, 2.24) is 5.32 Å². The summed E-state index contributed by atoms with van der Waals surface area (Å²) < 4.78 is 0. The number of carbonyl (C=O) groups excluding carboxylic acids is 1. The van der Waals surface area contributed by atoms with E-state index in [4.69, 9.17) is 5.73 Å². The van der Waals surface area contributed by atoms with Crippen LogP contribution in [-0.2, 0) is 0 Å². The second kappa shape index (κ2) is 4.48. The lowest BCUT2D eigenvalue weighted by Gasteiger charge is -2.18. The monoisotopic (exact) mass is 242 g/mol. The fourth-order valence-corrected chi connectivity index (χ4v) is 3.09. The van der Waals surface area contributed by atoms with Crippen molar-refractivity contribution in [3.05, 3.63) is 42.0 Å². The minimum absolute atomic E-state index is 0.00162. The van der Waals surface area contributed by atoms with Crippen LogP contribution < -0.4 is 11.1 Å². The van der Waals surface area contributed by atoms with Gasteiger partial charge in [0.05, 0.1) is 0 Å². The molecule has 0 unspecified atom stereocenters. The molecule has 1 aromatic carbocycles. The molecule has 0 aromatic heterocycles. The van der Waals surface area contributed by atoms with Gasteiger partial charge in [0.1, 0.15) is 0 Å². The van der Waals surface area contributed by atoms with Crippen LogP contribution >= 0.6 is 0 Å². The summed E-state index contributed by atoms with van der Waals surface area (Å²) in [6.07, 6.45) is 7.14. The number of hydrogen-bond donors (Lipinski definition) is 2. The van der Waals surface area contributed by atoms with Crippen LogP contribution in [0.25, 0.3) is 0 Å². The second-order valence-corrected chi connectivity index (χ2v) is 5.37. The molecular weight excluding hydrogens is 224 g/mol. The molecule has 1 fully saturated rings. The Bertz CT molecular complexity index is 478. The summed E-state index contributed by atoms with van der Waals surface area (Å²) in [5.74, 6) is 2.06. The van der Waals surface area contributed by atoms with Crippen molar-refractivity contribution >= 4 is 11.6 Å². The molecule has 0 saturated heterocycles. The average molecular weight is 242 g/mol. The first-order valence-corrected chi connectivity index (χ1v) is 6.54. The van der Waals surface area contributed by atoms with E-state index in [9.17, 15) is 4.79 Å². The van der Waals surface area contributed by atoms with Crippen LogP contribution in [0.5, 0.6) is 0 Å². The summed E-state index contributed by atoms with van der Waals surface area (Å²) in [6, 6.07) is 7.06. The van der Waals surface area contributed by atoms with E-state index in [1.54, 1.807) is 24.3 Å². The molecule has 2 aliphatic carbocycles. The standard InChI is InChI=1S/C15H18N2O/c16-14-5-3-11(4-6-14)15(18)17-9-13-8-10-1-2-12(13)7-10/h1-6,10,12-13H,7-9,16H2,(H,17,18)/t10-,12+,13+/m0/s1. The molecule has 1 saturated carbocycles. The van der Waals surface area contributed by atoms with E-state index >= 15 is 0 Å². The van der Waals surface area contributed by atoms with E-state index < -0.39 is 0 Å². The molecule has 0 heterocycles. The molecule has 0 aliphatic heterocycles. The highest BCUT2D eigenvalue weighted by Gasteiger charge is 2.35. The Morgan fingerprint density at radius 1 is 1.22 bits per heavy atom. The van der Waals surface area contributed by atoms with Crippen molar-refractivity contribution in [2.45, 2.75) is 12.8 Å². The Kier molecular flexibility index (Phi) is 2.82. The maximum atomic E-state index is 11.9. The van der Waals surface area contributed by atoms with Crippen LogP contribution in [0, 0.1) is 17.8 Å². The molecular formula is C15H18N2O. The fourth-order valence-electron chi connectivity index (χ4n) is 3.09. The number of carbonyl (C=O) groups is 1. The van der Waals surface area contributed by atoms with Crippen molar-refractivity contribution in [2.24, 2.45) is 17.8 Å². The van der Waals surface area contributed by atoms with Gasteiger partial charge >= 0.3 is 0 Å². The third-order valence-electron chi connectivity index (χ3n) is 4.11. The second-order valence-electron chi connectivity index (χ2n) is 5.37. The number of allylic oxidation sites excluding steroid dienone is 2. The smallest absolute Gasteiger partial charge is 0.251 e.